The van der Waals surface area contributed by atoms with Gasteiger partial charge in [-0.2, -0.15) is 11.3 Å². The van der Waals surface area contributed by atoms with Gasteiger partial charge in [-0.3, -0.25) is 4.79 Å². The van der Waals surface area contributed by atoms with E-state index in [1.807, 2.05) is 59.3 Å². The molecule has 3 heteroatoms. The van der Waals surface area contributed by atoms with Gasteiger partial charge in [-0.1, -0.05) is 36.4 Å². The number of carbonyl (C=O) groups excluding carboxylic acids is 1. The monoisotopic (exact) mass is 253 g/mol. The van der Waals surface area contributed by atoms with E-state index in [9.17, 15) is 4.79 Å². The molecule has 2 nitrogen and oxygen atoms in total. The molecular weight excluding hydrogens is 242 g/mol. The van der Waals surface area contributed by atoms with Gasteiger partial charge < -0.3 is 5.32 Å². The summed E-state index contributed by atoms with van der Waals surface area (Å²) in [7, 11) is 0. The minimum Gasteiger partial charge on any atom is -0.321 e. The Morgan fingerprint density at radius 1 is 1.00 bits per heavy atom. The van der Waals surface area contributed by atoms with E-state index in [0.717, 1.165) is 16.5 Å². The Labute approximate surface area is 109 Å². The zero-order valence-corrected chi connectivity index (χ0v) is 10.4. The van der Waals surface area contributed by atoms with E-state index in [2.05, 4.69) is 5.32 Å². The van der Waals surface area contributed by atoms with Crippen molar-refractivity contribution in [3.63, 3.8) is 0 Å². The van der Waals surface area contributed by atoms with Crippen LogP contribution in [0.2, 0.25) is 0 Å². The number of rotatable bonds is 2. The minimum atomic E-state index is -0.0646. The van der Waals surface area contributed by atoms with Crippen molar-refractivity contribution in [2.45, 2.75) is 0 Å². The molecule has 0 saturated heterocycles. The third-order valence-corrected chi connectivity index (χ3v) is 3.50. The number of fused-ring (bicyclic) bond motifs is 1. The Balaban J connectivity index is 2.01. The Bertz CT molecular complexity index is 683. The molecule has 3 rings (SSSR count). The number of nitrogens with one attached hydrogen (secondary N) is 1. The number of anilines is 1. The van der Waals surface area contributed by atoms with Gasteiger partial charge in [0, 0.05) is 10.9 Å². The van der Waals surface area contributed by atoms with Crippen molar-refractivity contribution in [2.75, 3.05) is 5.32 Å². The molecule has 0 spiro atoms. The second kappa shape index (κ2) is 4.63. The van der Waals surface area contributed by atoms with Gasteiger partial charge in [-0.05, 0) is 28.3 Å². The number of benzene rings is 2. The van der Waals surface area contributed by atoms with Crippen LogP contribution in [0.5, 0.6) is 0 Å². The lowest BCUT2D eigenvalue weighted by Crippen LogP contribution is -2.11. The molecule has 0 aliphatic carbocycles. The van der Waals surface area contributed by atoms with Crippen LogP contribution in [0.15, 0.2) is 59.3 Å². The van der Waals surface area contributed by atoms with Crippen LogP contribution in [0, 0.1) is 0 Å². The van der Waals surface area contributed by atoms with E-state index >= 15 is 0 Å². The first-order chi connectivity index (χ1) is 8.84. The van der Waals surface area contributed by atoms with E-state index in [1.165, 1.54) is 0 Å². The average molecular weight is 253 g/mol. The molecule has 3 aromatic rings. The number of carbonyl (C=O) groups is 1. The first kappa shape index (κ1) is 11.0. The largest absolute Gasteiger partial charge is 0.321 e. The topological polar surface area (TPSA) is 29.1 Å². The van der Waals surface area contributed by atoms with Crippen LogP contribution in [-0.4, -0.2) is 5.91 Å². The van der Waals surface area contributed by atoms with E-state index in [4.69, 9.17) is 0 Å². The van der Waals surface area contributed by atoms with Crippen molar-refractivity contribution in [3.8, 4) is 0 Å². The molecule has 0 aliphatic heterocycles. The second-order valence-electron chi connectivity index (χ2n) is 3.99. The van der Waals surface area contributed by atoms with Crippen LogP contribution in [0.25, 0.3) is 10.8 Å². The standard InChI is InChI=1S/C15H11NOS/c17-15(16-12-8-9-18-10-12)14-7-3-5-11-4-1-2-6-13(11)14/h1-10H,(H,16,17). The molecule has 0 fully saturated rings. The van der Waals surface area contributed by atoms with Crippen LogP contribution < -0.4 is 5.32 Å². The summed E-state index contributed by atoms with van der Waals surface area (Å²) in [6, 6.07) is 15.6. The normalized spacial score (nSPS) is 10.4. The van der Waals surface area contributed by atoms with E-state index in [0.29, 0.717) is 5.56 Å². The summed E-state index contributed by atoms with van der Waals surface area (Å²) < 4.78 is 0. The molecular formula is C15H11NOS. The second-order valence-corrected chi connectivity index (χ2v) is 4.77. The lowest BCUT2D eigenvalue weighted by Gasteiger charge is -2.06. The number of thiophene rings is 1. The maximum Gasteiger partial charge on any atom is 0.256 e. The first-order valence-electron chi connectivity index (χ1n) is 5.66. The Morgan fingerprint density at radius 2 is 1.83 bits per heavy atom. The molecule has 0 saturated carbocycles. The number of hydrogen-bond donors (Lipinski definition) is 1. The van der Waals surface area contributed by atoms with Crippen molar-refractivity contribution in [1.82, 2.24) is 0 Å². The van der Waals surface area contributed by atoms with Gasteiger partial charge in [-0.25, -0.2) is 0 Å². The SMILES string of the molecule is O=C(Nc1ccsc1)c1cccc2ccccc12. The van der Waals surface area contributed by atoms with Crippen LogP contribution in [0.4, 0.5) is 5.69 Å². The van der Waals surface area contributed by atoms with Crippen molar-refractivity contribution in [2.24, 2.45) is 0 Å². The predicted octanol–water partition coefficient (Wildman–Crippen LogP) is 4.15. The highest BCUT2D eigenvalue weighted by atomic mass is 32.1. The molecule has 0 bridgehead atoms. The minimum absolute atomic E-state index is 0.0646. The molecule has 0 unspecified atom stereocenters. The van der Waals surface area contributed by atoms with Gasteiger partial charge in [0.1, 0.15) is 0 Å². The molecule has 1 aromatic heterocycles. The van der Waals surface area contributed by atoms with Gasteiger partial charge in [0.05, 0.1) is 5.69 Å². The third kappa shape index (κ3) is 2.00. The molecule has 2 aromatic carbocycles. The summed E-state index contributed by atoms with van der Waals surface area (Å²) in [5, 5.41) is 8.82. The maximum atomic E-state index is 12.2. The zero-order chi connectivity index (χ0) is 12.4. The summed E-state index contributed by atoms with van der Waals surface area (Å²) in [5.41, 5.74) is 1.55. The predicted molar refractivity (Wildman–Crippen MR) is 76.2 cm³/mol. The van der Waals surface area contributed by atoms with Crippen LogP contribution in [0.1, 0.15) is 10.4 Å². The quantitative estimate of drug-likeness (QED) is 0.730. The Kier molecular flexibility index (Phi) is 2.82. The maximum absolute atomic E-state index is 12.2. The lowest BCUT2D eigenvalue weighted by atomic mass is 10.0. The molecule has 1 N–H and O–H groups in total. The van der Waals surface area contributed by atoms with Crippen molar-refractivity contribution in [3.05, 3.63) is 64.9 Å². The van der Waals surface area contributed by atoms with Gasteiger partial charge in [-0.15, -0.1) is 0 Å². The average Bonchev–Trinajstić information content (AvgIpc) is 2.91. The fourth-order valence-electron chi connectivity index (χ4n) is 1.96. The summed E-state index contributed by atoms with van der Waals surface area (Å²) in [6.45, 7) is 0. The van der Waals surface area contributed by atoms with Crippen molar-refractivity contribution >= 4 is 33.7 Å². The van der Waals surface area contributed by atoms with E-state index in [-0.39, 0.29) is 5.91 Å². The smallest absolute Gasteiger partial charge is 0.256 e. The fraction of sp³-hybridized carbons (Fsp3) is 0. The van der Waals surface area contributed by atoms with Crippen molar-refractivity contribution in [1.29, 1.82) is 0 Å². The summed E-state index contributed by atoms with van der Waals surface area (Å²) in [4.78, 5) is 12.2. The number of amides is 1. The highest BCUT2D eigenvalue weighted by molar-refractivity contribution is 7.08. The Morgan fingerprint density at radius 3 is 2.67 bits per heavy atom. The van der Waals surface area contributed by atoms with Gasteiger partial charge >= 0.3 is 0 Å². The van der Waals surface area contributed by atoms with Crippen LogP contribution in [-0.2, 0) is 0 Å². The lowest BCUT2D eigenvalue weighted by molar-refractivity contribution is 0.102. The van der Waals surface area contributed by atoms with E-state index < -0.39 is 0 Å². The van der Waals surface area contributed by atoms with E-state index in [1.54, 1.807) is 11.3 Å². The zero-order valence-electron chi connectivity index (χ0n) is 9.59. The molecule has 0 atom stereocenters. The molecule has 0 aliphatic rings. The van der Waals surface area contributed by atoms with Crippen LogP contribution >= 0.6 is 11.3 Å². The summed E-state index contributed by atoms with van der Waals surface area (Å²) in [6.07, 6.45) is 0. The summed E-state index contributed by atoms with van der Waals surface area (Å²) in [5.74, 6) is -0.0646. The third-order valence-electron chi connectivity index (χ3n) is 2.81. The van der Waals surface area contributed by atoms with Crippen LogP contribution in [0.3, 0.4) is 0 Å². The van der Waals surface area contributed by atoms with Gasteiger partial charge in [0.25, 0.3) is 5.91 Å². The van der Waals surface area contributed by atoms with Gasteiger partial charge in [0.2, 0.25) is 0 Å². The summed E-state index contributed by atoms with van der Waals surface area (Å²) >= 11 is 1.57. The number of hydrogen-bond acceptors (Lipinski definition) is 2. The molecule has 1 heterocycles. The van der Waals surface area contributed by atoms with Crippen molar-refractivity contribution < 1.29 is 4.79 Å². The highest BCUT2D eigenvalue weighted by Gasteiger charge is 2.09. The molecule has 0 radical (unpaired) electrons. The fourth-order valence-corrected chi connectivity index (χ4v) is 2.55. The highest BCUT2D eigenvalue weighted by Crippen LogP contribution is 2.20. The molecule has 18 heavy (non-hydrogen) atoms. The molecule has 88 valence electrons. The first-order valence-corrected chi connectivity index (χ1v) is 6.60. The Hall–Kier alpha value is -2.13. The van der Waals surface area contributed by atoms with Gasteiger partial charge in [0.15, 0.2) is 0 Å². The molecule has 1 amide bonds.